The number of nitriles is 1. The maximum atomic E-state index is 13.0. The fraction of sp³-hybridized carbons (Fsp3) is 0.250. The fourth-order valence-electron chi connectivity index (χ4n) is 3.42. The first kappa shape index (κ1) is 27.8. The molecule has 1 heterocycles. The van der Waals surface area contributed by atoms with E-state index >= 15 is 0 Å². The highest BCUT2D eigenvalue weighted by atomic mass is 35.5. The number of rotatable bonds is 10. The zero-order valence-electron chi connectivity index (χ0n) is 21.0. The lowest BCUT2D eigenvalue weighted by atomic mass is 10.1. The van der Waals surface area contributed by atoms with Gasteiger partial charge in [0.25, 0.3) is 5.91 Å². The number of halogens is 1. The average Bonchev–Trinajstić information content (AvgIpc) is 3.15. The summed E-state index contributed by atoms with van der Waals surface area (Å²) in [6, 6.07) is 14.5. The first-order chi connectivity index (χ1) is 17.8. The molecule has 1 N–H and O–H groups in total. The summed E-state index contributed by atoms with van der Waals surface area (Å²) in [5, 5.41) is 13.3. The summed E-state index contributed by atoms with van der Waals surface area (Å²) in [5.74, 6) is -0.178. The van der Waals surface area contributed by atoms with Gasteiger partial charge < -0.3 is 19.5 Å². The molecule has 0 fully saturated rings. The number of aryl methyl sites for hydroxylation is 1. The Morgan fingerprint density at radius 3 is 2.51 bits per heavy atom. The van der Waals surface area contributed by atoms with Crippen LogP contribution in [0.1, 0.15) is 45.8 Å². The van der Waals surface area contributed by atoms with Crippen molar-refractivity contribution in [2.24, 2.45) is 0 Å². The first-order valence-corrected chi connectivity index (χ1v) is 12.8. The van der Waals surface area contributed by atoms with Crippen LogP contribution in [0.4, 0.5) is 5.00 Å². The normalized spacial score (nSPS) is 11.0. The topological polar surface area (TPSA) is 97.7 Å². The number of hydrogen-bond donors (Lipinski definition) is 1. The Balaban J connectivity index is 1.84. The van der Waals surface area contributed by atoms with Gasteiger partial charge in [0, 0.05) is 15.5 Å². The van der Waals surface area contributed by atoms with Crippen LogP contribution in [0, 0.1) is 25.2 Å². The van der Waals surface area contributed by atoms with Gasteiger partial charge in [0.15, 0.2) is 11.5 Å². The number of carbonyl (C=O) groups excluding carboxylic acids is 2. The van der Waals surface area contributed by atoms with Crippen LogP contribution in [0.15, 0.2) is 48.0 Å². The number of benzene rings is 2. The summed E-state index contributed by atoms with van der Waals surface area (Å²) in [5.41, 5.74) is 2.30. The SMILES string of the molecule is CCOC(=O)c1c(NC(=O)C(C#N)=Cc2ccc(OCc3ccccc3Cl)c(OCC)c2)sc(C)c1C. The molecule has 9 heteroatoms. The van der Waals surface area contributed by atoms with Crippen molar-refractivity contribution in [2.45, 2.75) is 34.3 Å². The van der Waals surface area contributed by atoms with Gasteiger partial charge >= 0.3 is 5.97 Å². The van der Waals surface area contributed by atoms with E-state index in [4.69, 9.17) is 25.8 Å². The quantitative estimate of drug-likeness (QED) is 0.175. The van der Waals surface area contributed by atoms with Gasteiger partial charge in [-0.15, -0.1) is 11.3 Å². The van der Waals surface area contributed by atoms with Crippen LogP contribution in [0.5, 0.6) is 11.5 Å². The lowest BCUT2D eigenvalue weighted by Crippen LogP contribution is -2.16. The second-order valence-corrected chi connectivity index (χ2v) is 9.48. The van der Waals surface area contributed by atoms with Crippen LogP contribution >= 0.6 is 22.9 Å². The van der Waals surface area contributed by atoms with Crippen LogP contribution in [0.25, 0.3) is 6.08 Å². The lowest BCUT2D eigenvalue weighted by Gasteiger charge is -2.13. The monoisotopic (exact) mass is 538 g/mol. The smallest absolute Gasteiger partial charge is 0.341 e. The number of carbonyl (C=O) groups is 2. The number of hydrogen-bond acceptors (Lipinski definition) is 7. The van der Waals surface area contributed by atoms with E-state index in [1.54, 1.807) is 38.1 Å². The minimum absolute atomic E-state index is 0.134. The van der Waals surface area contributed by atoms with E-state index in [9.17, 15) is 14.9 Å². The van der Waals surface area contributed by atoms with E-state index in [2.05, 4.69) is 5.32 Å². The van der Waals surface area contributed by atoms with E-state index in [1.807, 2.05) is 38.1 Å². The summed E-state index contributed by atoms with van der Waals surface area (Å²) < 4.78 is 16.8. The highest BCUT2D eigenvalue weighted by molar-refractivity contribution is 7.16. The Morgan fingerprint density at radius 1 is 1.08 bits per heavy atom. The molecule has 2 aromatic carbocycles. The molecule has 1 aromatic heterocycles. The number of thiophene rings is 1. The summed E-state index contributed by atoms with van der Waals surface area (Å²) in [6.07, 6.45) is 1.45. The van der Waals surface area contributed by atoms with Crippen molar-refractivity contribution in [3.05, 3.63) is 80.2 Å². The lowest BCUT2D eigenvalue weighted by molar-refractivity contribution is -0.112. The summed E-state index contributed by atoms with van der Waals surface area (Å²) in [6.45, 7) is 8.07. The molecule has 3 aromatic rings. The zero-order chi connectivity index (χ0) is 26.9. The molecule has 0 atom stereocenters. The molecule has 0 bridgehead atoms. The van der Waals surface area contributed by atoms with E-state index in [1.165, 1.54) is 17.4 Å². The summed E-state index contributed by atoms with van der Waals surface area (Å²) >= 11 is 7.48. The molecule has 7 nitrogen and oxygen atoms in total. The largest absolute Gasteiger partial charge is 0.490 e. The molecule has 192 valence electrons. The van der Waals surface area contributed by atoms with E-state index < -0.39 is 11.9 Å². The van der Waals surface area contributed by atoms with Crippen molar-refractivity contribution in [3.63, 3.8) is 0 Å². The summed E-state index contributed by atoms with van der Waals surface area (Å²) in [7, 11) is 0. The first-order valence-electron chi connectivity index (χ1n) is 11.6. The van der Waals surface area contributed by atoms with Crippen LogP contribution in [-0.4, -0.2) is 25.1 Å². The molecule has 0 aliphatic rings. The minimum Gasteiger partial charge on any atom is -0.490 e. The molecule has 37 heavy (non-hydrogen) atoms. The molecule has 0 saturated carbocycles. The van der Waals surface area contributed by atoms with Gasteiger partial charge in [-0.1, -0.05) is 35.9 Å². The molecule has 0 aliphatic heterocycles. The second kappa shape index (κ2) is 12.9. The predicted octanol–water partition coefficient (Wildman–Crippen LogP) is 6.72. The van der Waals surface area contributed by atoms with Crippen LogP contribution in [-0.2, 0) is 16.1 Å². The van der Waals surface area contributed by atoms with Gasteiger partial charge in [-0.05, 0) is 63.1 Å². The Morgan fingerprint density at radius 2 is 1.84 bits per heavy atom. The number of amides is 1. The van der Waals surface area contributed by atoms with Gasteiger partial charge in [-0.3, -0.25) is 4.79 Å². The molecule has 0 spiro atoms. The standard InChI is InChI=1S/C28H27ClN2O5S/c1-5-34-24-14-19(11-12-23(24)36-16-20-9-7-8-10-22(20)29)13-21(15-30)26(32)31-27-25(28(33)35-6-2)17(3)18(4)37-27/h7-14H,5-6,16H2,1-4H3,(H,31,32). The van der Waals surface area contributed by atoms with Gasteiger partial charge in [-0.2, -0.15) is 5.26 Å². The molecular weight excluding hydrogens is 512 g/mol. The van der Waals surface area contributed by atoms with Crippen molar-refractivity contribution in [1.82, 2.24) is 0 Å². The van der Waals surface area contributed by atoms with Crippen LogP contribution < -0.4 is 14.8 Å². The van der Waals surface area contributed by atoms with Crippen molar-refractivity contribution >= 4 is 45.9 Å². The number of esters is 1. The Hall–Kier alpha value is -3.80. The molecule has 1 amide bonds. The third kappa shape index (κ3) is 6.91. The van der Waals surface area contributed by atoms with E-state index in [0.29, 0.717) is 39.3 Å². The van der Waals surface area contributed by atoms with Crippen molar-refractivity contribution in [1.29, 1.82) is 5.26 Å². The third-order valence-electron chi connectivity index (χ3n) is 5.38. The third-order valence-corrected chi connectivity index (χ3v) is 6.87. The maximum absolute atomic E-state index is 13.0. The minimum atomic E-state index is -0.633. The van der Waals surface area contributed by atoms with E-state index in [0.717, 1.165) is 16.0 Å². The molecule has 0 radical (unpaired) electrons. The molecule has 0 unspecified atom stereocenters. The Kier molecular flexibility index (Phi) is 9.72. The van der Waals surface area contributed by atoms with Crippen LogP contribution in [0.2, 0.25) is 5.02 Å². The van der Waals surface area contributed by atoms with Gasteiger partial charge in [-0.25, -0.2) is 4.79 Å². The van der Waals surface area contributed by atoms with E-state index in [-0.39, 0.29) is 18.8 Å². The van der Waals surface area contributed by atoms with Gasteiger partial charge in [0.2, 0.25) is 0 Å². The molecule has 0 saturated heterocycles. The number of nitrogens with zero attached hydrogens (tertiary/aromatic N) is 1. The molecule has 3 rings (SSSR count). The zero-order valence-corrected chi connectivity index (χ0v) is 22.6. The average molecular weight is 539 g/mol. The van der Waals surface area contributed by atoms with Gasteiger partial charge in [0.1, 0.15) is 23.3 Å². The molecule has 0 aliphatic carbocycles. The second-order valence-electron chi connectivity index (χ2n) is 7.85. The summed E-state index contributed by atoms with van der Waals surface area (Å²) in [4.78, 5) is 26.2. The van der Waals surface area contributed by atoms with Crippen molar-refractivity contribution in [3.8, 4) is 17.6 Å². The van der Waals surface area contributed by atoms with Gasteiger partial charge in [0.05, 0.1) is 18.8 Å². The number of nitrogens with one attached hydrogen (secondary N) is 1. The number of anilines is 1. The number of ether oxygens (including phenoxy) is 3. The Bertz CT molecular complexity index is 1370. The fourth-order valence-corrected chi connectivity index (χ4v) is 4.66. The molecular formula is C28H27ClN2O5S. The Labute approximate surface area is 225 Å². The maximum Gasteiger partial charge on any atom is 0.341 e. The van der Waals surface area contributed by atoms with Crippen molar-refractivity contribution < 1.29 is 23.8 Å². The van der Waals surface area contributed by atoms with Crippen LogP contribution in [0.3, 0.4) is 0 Å². The predicted molar refractivity (Wildman–Crippen MR) is 145 cm³/mol. The highest BCUT2D eigenvalue weighted by Gasteiger charge is 2.23. The highest BCUT2D eigenvalue weighted by Crippen LogP contribution is 2.34. The van der Waals surface area contributed by atoms with Crippen molar-refractivity contribution in [2.75, 3.05) is 18.5 Å².